The second-order valence-electron chi connectivity index (χ2n) is 7.22. The molecule has 1 fully saturated rings. The summed E-state index contributed by atoms with van der Waals surface area (Å²) in [4.78, 5) is 16.0. The van der Waals surface area contributed by atoms with E-state index in [-0.39, 0.29) is 0 Å². The molecule has 0 aromatic heterocycles. The molecule has 140 valence electrons. The molecule has 0 bridgehead atoms. The van der Waals surface area contributed by atoms with Gasteiger partial charge in [0.1, 0.15) is 6.07 Å². The van der Waals surface area contributed by atoms with Gasteiger partial charge in [-0.15, -0.1) is 0 Å². The van der Waals surface area contributed by atoms with Gasteiger partial charge in [-0.2, -0.15) is 5.26 Å². The number of nitriles is 1. The predicted octanol–water partition coefficient (Wildman–Crippen LogP) is 3.98. The van der Waals surface area contributed by atoms with E-state index < -0.39 is 5.97 Å². The van der Waals surface area contributed by atoms with Gasteiger partial charge in [0.15, 0.2) is 0 Å². The molecule has 1 N–H and O–H groups in total. The molecule has 0 amide bonds. The smallest absolute Gasteiger partial charge is 0.336 e. The summed E-state index contributed by atoms with van der Waals surface area (Å²) in [6.45, 7) is 5.63. The largest absolute Gasteiger partial charge is 0.478 e. The second kappa shape index (κ2) is 7.71. The molecule has 2 aromatic carbocycles. The zero-order valence-electron chi connectivity index (χ0n) is 16.1. The average molecular weight is 363 g/mol. The number of hydrogen-bond acceptors (Lipinski definition) is 4. The van der Waals surface area contributed by atoms with E-state index in [0.29, 0.717) is 17.2 Å². The fourth-order valence-corrected chi connectivity index (χ4v) is 3.99. The lowest BCUT2D eigenvalue weighted by Crippen LogP contribution is -2.44. The van der Waals surface area contributed by atoms with Crippen molar-refractivity contribution >= 4 is 17.3 Å². The number of rotatable bonds is 4. The number of piperidine rings is 1. The Morgan fingerprint density at radius 1 is 1.19 bits per heavy atom. The summed E-state index contributed by atoms with van der Waals surface area (Å²) in [5.74, 6) is -0.884. The van der Waals surface area contributed by atoms with Gasteiger partial charge in [0, 0.05) is 31.9 Å². The van der Waals surface area contributed by atoms with Gasteiger partial charge in [0.05, 0.1) is 16.8 Å². The highest BCUT2D eigenvalue weighted by Crippen LogP contribution is 2.30. The summed E-state index contributed by atoms with van der Waals surface area (Å²) in [5.41, 5.74) is 4.94. The fraction of sp³-hybridized carbons (Fsp3) is 0.364. The zero-order valence-corrected chi connectivity index (χ0v) is 16.1. The first-order valence-corrected chi connectivity index (χ1v) is 9.23. The van der Waals surface area contributed by atoms with Crippen LogP contribution in [-0.4, -0.2) is 37.3 Å². The molecule has 1 heterocycles. The van der Waals surface area contributed by atoms with E-state index in [4.69, 9.17) is 0 Å². The zero-order chi connectivity index (χ0) is 19.6. The van der Waals surface area contributed by atoms with Crippen LogP contribution in [0.3, 0.4) is 0 Å². The Morgan fingerprint density at radius 3 is 2.48 bits per heavy atom. The number of aryl methyl sites for hydroxylation is 2. The van der Waals surface area contributed by atoms with Crippen molar-refractivity contribution in [1.82, 2.24) is 0 Å². The molecule has 5 nitrogen and oxygen atoms in total. The van der Waals surface area contributed by atoms with E-state index in [1.807, 2.05) is 51.2 Å². The Morgan fingerprint density at radius 2 is 1.85 bits per heavy atom. The van der Waals surface area contributed by atoms with E-state index in [2.05, 4.69) is 15.9 Å². The molecule has 3 rings (SSSR count). The summed E-state index contributed by atoms with van der Waals surface area (Å²) in [5, 5.41) is 18.8. The lowest BCUT2D eigenvalue weighted by molar-refractivity contribution is 0.0696. The van der Waals surface area contributed by atoms with Crippen molar-refractivity contribution in [3.63, 3.8) is 0 Å². The lowest BCUT2D eigenvalue weighted by Gasteiger charge is -2.39. The number of carboxylic acid groups (broad SMARTS) is 1. The van der Waals surface area contributed by atoms with Gasteiger partial charge in [-0.05, 0) is 56.0 Å². The monoisotopic (exact) mass is 363 g/mol. The van der Waals surface area contributed by atoms with Gasteiger partial charge in [0.25, 0.3) is 0 Å². The van der Waals surface area contributed by atoms with Crippen LogP contribution in [0.2, 0.25) is 0 Å². The quantitative estimate of drug-likeness (QED) is 0.890. The Hall–Kier alpha value is -3.00. The van der Waals surface area contributed by atoms with Crippen LogP contribution in [0.5, 0.6) is 0 Å². The second-order valence-corrected chi connectivity index (χ2v) is 7.22. The number of benzene rings is 2. The van der Waals surface area contributed by atoms with Gasteiger partial charge >= 0.3 is 5.97 Å². The molecule has 27 heavy (non-hydrogen) atoms. The molecule has 0 unspecified atom stereocenters. The Bertz CT molecular complexity index is 893. The van der Waals surface area contributed by atoms with Crippen molar-refractivity contribution < 1.29 is 9.90 Å². The number of carbonyl (C=O) groups is 1. The van der Waals surface area contributed by atoms with Gasteiger partial charge in [-0.1, -0.05) is 18.2 Å². The van der Waals surface area contributed by atoms with E-state index in [0.717, 1.165) is 48.4 Å². The Labute approximate surface area is 160 Å². The van der Waals surface area contributed by atoms with Crippen molar-refractivity contribution in [1.29, 1.82) is 5.26 Å². The molecule has 0 saturated carbocycles. The number of aromatic carboxylic acids is 1. The number of anilines is 2. The van der Waals surface area contributed by atoms with E-state index in [1.54, 1.807) is 6.07 Å². The Balaban J connectivity index is 1.76. The Kier molecular flexibility index (Phi) is 5.36. The molecule has 0 spiro atoms. The van der Waals surface area contributed by atoms with Crippen LogP contribution in [0.25, 0.3) is 0 Å². The minimum Gasteiger partial charge on any atom is -0.478 e. The molecule has 1 aliphatic rings. The first kappa shape index (κ1) is 18.8. The lowest BCUT2D eigenvalue weighted by atomic mass is 9.98. The molecule has 1 saturated heterocycles. The number of nitrogens with zero attached hydrogens (tertiary/aromatic N) is 3. The van der Waals surface area contributed by atoms with Crippen molar-refractivity contribution in [3.05, 3.63) is 58.7 Å². The molecule has 1 aliphatic heterocycles. The van der Waals surface area contributed by atoms with Crippen LogP contribution in [0.15, 0.2) is 36.4 Å². The highest BCUT2D eigenvalue weighted by molar-refractivity contribution is 5.91. The highest BCUT2D eigenvalue weighted by atomic mass is 16.4. The van der Waals surface area contributed by atoms with Crippen molar-refractivity contribution in [2.45, 2.75) is 32.7 Å². The van der Waals surface area contributed by atoms with Gasteiger partial charge in [-0.25, -0.2) is 4.79 Å². The van der Waals surface area contributed by atoms with Crippen molar-refractivity contribution in [2.24, 2.45) is 0 Å². The maximum Gasteiger partial charge on any atom is 0.336 e. The SMILES string of the molecule is Cc1cc(C)c(N(C)C2CCN(c3ccccc3C#N)CC2)cc1C(=O)O. The van der Waals surface area contributed by atoms with Crippen LogP contribution >= 0.6 is 0 Å². The minimum atomic E-state index is -0.884. The van der Waals surface area contributed by atoms with E-state index >= 15 is 0 Å². The maximum absolute atomic E-state index is 11.5. The topological polar surface area (TPSA) is 67.6 Å². The van der Waals surface area contributed by atoms with E-state index in [1.165, 1.54) is 0 Å². The van der Waals surface area contributed by atoms with Gasteiger partial charge < -0.3 is 14.9 Å². The van der Waals surface area contributed by atoms with Gasteiger partial charge in [-0.3, -0.25) is 0 Å². The first-order chi connectivity index (χ1) is 12.9. The standard InChI is InChI=1S/C22H25N3O2/c1-15-12-16(2)21(13-19(15)22(26)27)24(3)18-8-10-25(11-9-18)20-7-5-4-6-17(20)14-23/h4-7,12-13,18H,8-11H2,1-3H3,(H,26,27). The first-order valence-electron chi connectivity index (χ1n) is 9.23. The van der Waals surface area contributed by atoms with Crippen LogP contribution in [-0.2, 0) is 0 Å². The number of carboxylic acids is 1. The fourth-order valence-electron chi connectivity index (χ4n) is 3.99. The predicted molar refractivity (Wildman–Crippen MR) is 108 cm³/mol. The summed E-state index contributed by atoms with van der Waals surface area (Å²) < 4.78 is 0. The molecule has 5 heteroatoms. The van der Waals surface area contributed by atoms with E-state index in [9.17, 15) is 15.2 Å². The molecule has 0 aliphatic carbocycles. The molecule has 0 radical (unpaired) electrons. The number of para-hydroxylation sites is 1. The van der Waals surface area contributed by atoms with Gasteiger partial charge in [0.2, 0.25) is 0 Å². The van der Waals surface area contributed by atoms with Crippen LogP contribution < -0.4 is 9.80 Å². The van der Waals surface area contributed by atoms with Crippen molar-refractivity contribution in [3.8, 4) is 6.07 Å². The maximum atomic E-state index is 11.5. The van der Waals surface area contributed by atoms with Crippen molar-refractivity contribution in [2.75, 3.05) is 29.9 Å². The number of hydrogen-bond donors (Lipinski definition) is 1. The molecule has 2 aromatic rings. The third-order valence-electron chi connectivity index (χ3n) is 5.53. The third-order valence-corrected chi connectivity index (χ3v) is 5.53. The highest BCUT2D eigenvalue weighted by Gasteiger charge is 2.25. The summed E-state index contributed by atoms with van der Waals surface area (Å²) in [7, 11) is 2.05. The van der Waals surface area contributed by atoms with Crippen LogP contribution in [0.4, 0.5) is 11.4 Å². The normalized spacial score (nSPS) is 14.7. The molecule has 0 atom stereocenters. The third kappa shape index (κ3) is 3.75. The molecular formula is C22H25N3O2. The van der Waals surface area contributed by atoms with Crippen LogP contribution in [0.1, 0.15) is 39.9 Å². The average Bonchev–Trinajstić information content (AvgIpc) is 2.67. The molecular weight excluding hydrogens is 338 g/mol. The summed E-state index contributed by atoms with van der Waals surface area (Å²) >= 11 is 0. The minimum absolute atomic E-state index is 0.346. The van der Waals surface area contributed by atoms with Crippen LogP contribution in [0, 0.1) is 25.2 Å². The summed E-state index contributed by atoms with van der Waals surface area (Å²) in [6, 6.07) is 14.1. The summed E-state index contributed by atoms with van der Waals surface area (Å²) in [6.07, 6.45) is 1.93.